The molecule has 19 heavy (non-hydrogen) atoms. The maximum atomic E-state index is 12.0. The Hall–Kier alpha value is -1.59. The van der Waals surface area contributed by atoms with Crippen molar-refractivity contribution in [1.82, 2.24) is 5.32 Å². The van der Waals surface area contributed by atoms with Gasteiger partial charge in [0.25, 0.3) is 5.91 Å². The van der Waals surface area contributed by atoms with Crippen molar-refractivity contribution in [1.29, 1.82) is 0 Å². The lowest BCUT2D eigenvalue weighted by Gasteiger charge is -2.16. The van der Waals surface area contributed by atoms with Gasteiger partial charge in [0.15, 0.2) is 0 Å². The molecule has 0 unspecified atom stereocenters. The number of carbonyl (C=O) groups excluding carboxylic acids is 1. The van der Waals surface area contributed by atoms with Crippen LogP contribution in [0.15, 0.2) is 33.6 Å². The molecule has 5 heteroatoms. The van der Waals surface area contributed by atoms with Crippen LogP contribution in [-0.2, 0) is 0 Å². The molecule has 0 radical (unpaired) electrons. The molecule has 2 aromatic rings. The van der Waals surface area contributed by atoms with Crippen molar-refractivity contribution in [3.63, 3.8) is 0 Å². The molecule has 1 amide bonds. The fourth-order valence-corrected chi connectivity index (χ4v) is 2.71. The maximum absolute atomic E-state index is 12.0. The molecule has 0 saturated carbocycles. The van der Waals surface area contributed by atoms with Crippen LogP contribution in [0.25, 0.3) is 0 Å². The van der Waals surface area contributed by atoms with Gasteiger partial charge in [-0.3, -0.25) is 4.79 Å². The predicted molar refractivity (Wildman–Crippen MR) is 74.3 cm³/mol. The molecule has 2 rings (SSSR count). The van der Waals surface area contributed by atoms with Gasteiger partial charge in [0.2, 0.25) is 0 Å². The van der Waals surface area contributed by atoms with Crippen LogP contribution >= 0.6 is 11.3 Å². The van der Waals surface area contributed by atoms with E-state index in [1.807, 2.05) is 24.6 Å². The van der Waals surface area contributed by atoms with E-state index in [9.17, 15) is 9.90 Å². The highest BCUT2D eigenvalue weighted by Crippen LogP contribution is 2.19. The second-order valence-corrected chi connectivity index (χ2v) is 5.35. The molecule has 0 saturated heterocycles. The molecular formula is C14H17NO3S. The van der Waals surface area contributed by atoms with Crippen LogP contribution in [0.5, 0.6) is 0 Å². The molecule has 2 N–H and O–H groups in total. The quantitative estimate of drug-likeness (QED) is 0.884. The van der Waals surface area contributed by atoms with Gasteiger partial charge in [-0.15, -0.1) is 0 Å². The molecule has 0 bridgehead atoms. The highest BCUT2D eigenvalue weighted by molar-refractivity contribution is 7.08. The number of nitrogens with one attached hydrogen (secondary N) is 1. The number of hydrogen-bond acceptors (Lipinski definition) is 4. The number of aliphatic hydroxyl groups excluding tert-OH is 1. The van der Waals surface area contributed by atoms with Crippen LogP contribution in [-0.4, -0.2) is 17.1 Å². The summed E-state index contributed by atoms with van der Waals surface area (Å²) in [6, 6.07) is 3.32. The second kappa shape index (κ2) is 6.04. The third-order valence-electron chi connectivity index (χ3n) is 2.93. The average Bonchev–Trinajstić information content (AvgIpc) is 2.98. The van der Waals surface area contributed by atoms with Gasteiger partial charge in [0.05, 0.1) is 11.8 Å². The molecule has 102 valence electrons. The SMILES string of the molecule is Cc1cscc1C(=O)N[C@H](C)C[C@@H](O)c1ccco1. The summed E-state index contributed by atoms with van der Waals surface area (Å²) in [4.78, 5) is 12.0. The van der Waals surface area contributed by atoms with Gasteiger partial charge < -0.3 is 14.8 Å². The summed E-state index contributed by atoms with van der Waals surface area (Å²) < 4.78 is 5.13. The number of furan rings is 1. The van der Waals surface area contributed by atoms with Crippen LogP contribution in [0.1, 0.15) is 41.1 Å². The van der Waals surface area contributed by atoms with E-state index < -0.39 is 6.10 Å². The minimum atomic E-state index is -0.700. The first-order valence-corrected chi connectivity index (χ1v) is 7.07. The predicted octanol–water partition coefficient (Wildman–Crippen LogP) is 2.89. The van der Waals surface area contributed by atoms with Crippen molar-refractivity contribution in [3.8, 4) is 0 Å². The van der Waals surface area contributed by atoms with E-state index in [-0.39, 0.29) is 11.9 Å². The molecule has 0 spiro atoms. The Balaban J connectivity index is 1.89. The Bertz CT molecular complexity index is 533. The lowest BCUT2D eigenvalue weighted by atomic mass is 10.1. The Morgan fingerprint density at radius 2 is 2.32 bits per heavy atom. The number of amides is 1. The minimum Gasteiger partial charge on any atom is -0.467 e. The van der Waals surface area contributed by atoms with Crippen molar-refractivity contribution in [2.75, 3.05) is 0 Å². The summed E-state index contributed by atoms with van der Waals surface area (Å²) in [5.74, 6) is 0.422. The molecule has 0 aliphatic carbocycles. The van der Waals surface area contributed by atoms with Crippen LogP contribution in [0.2, 0.25) is 0 Å². The topological polar surface area (TPSA) is 62.5 Å². The van der Waals surface area contributed by atoms with Crippen molar-refractivity contribution in [2.24, 2.45) is 0 Å². The lowest BCUT2D eigenvalue weighted by Crippen LogP contribution is -2.33. The van der Waals surface area contributed by atoms with E-state index >= 15 is 0 Å². The normalized spacial score (nSPS) is 14.1. The van der Waals surface area contributed by atoms with E-state index in [4.69, 9.17) is 4.42 Å². The van der Waals surface area contributed by atoms with Crippen LogP contribution < -0.4 is 5.32 Å². The van der Waals surface area contributed by atoms with Crippen molar-refractivity contribution < 1.29 is 14.3 Å². The van der Waals surface area contributed by atoms with Crippen molar-refractivity contribution in [3.05, 3.63) is 46.0 Å². The molecule has 2 aromatic heterocycles. The van der Waals surface area contributed by atoms with Crippen LogP contribution in [0, 0.1) is 6.92 Å². The molecule has 2 heterocycles. The van der Waals surface area contributed by atoms with E-state index in [1.165, 1.54) is 17.6 Å². The first kappa shape index (κ1) is 13.8. The Kier molecular flexibility index (Phi) is 4.39. The molecular weight excluding hydrogens is 262 g/mol. The fraction of sp³-hybridized carbons (Fsp3) is 0.357. The largest absolute Gasteiger partial charge is 0.467 e. The van der Waals surface area contributed by atoms with E-state index in [1.54, 1.807) is 12.1 Å². The third-order valence-corrected chi connectivity index (χ3v) is 3.79. The highest BCUT2D eigenvalue weighted by atomic mass is 32.1. The number of aliphatic hydroxyl groups is 1. The molecule has 2 atom stereocenters. The van der Waals surface area contributed by atoms with Crippen LogP contribution in [0.4, 0.5) is 0 Å². The first-order valence-electron chi connectivity index (χ1n) is 6.13. The third kappa shape index (κ3) is 3.45. The summed E-state index contributed by atoms with van der Waals surface area (Å²) in [6.07, 6.45) is 1.24. The molecule has 0 aliphatic rings. The van der Waals surface area contributed by atoms with Crippen molar-refractivity contribution >= 4 is 17.2 Å². The summed E-state index contributed by atoms with van der Waals surface area (Å²) >= 11 is 1.51. The molecule has 0 fully saturated rings. The number of thiophene rings is 1. The Morgan fingerprint density at radius 3 is 2.89 bits per heavy atom. The lowest BCUT2D eigenvalue weighted by molar-refractivity contribution is 0.0903. The smallest absolute Gasteiger partial charge is 0.252 e. The first-order chi connectivity index (χ1) is 9.08. The van der Waals surface area contributed by atoms with Crippen molar-refractivity contribution in [2.45, 2.75) is 32.4 Å². The number of rotatable bonds is 5. The average molecular weight is 279 g/mol. The van der Waals surface area contributed by atoms with E-state index in [0.29, 0.717) is 17.7 Å². The highest BCUT2D eigenvalue weighted by Gasteiger charge is 2.18. The molecule has 4 nitrogen and oxygen atoms in total. The zero-order chi connectivity index (χ0) is 13.8. The standard InChI is InChI=1S/C14H17NO3S/c1-9-7-19-8-11(9)14(17)15-10(2)6-12(16)13-4-3-5-18-13/h3-5,7-8,10,12,16H,6H2,1-2H3,(H,15,17)/t10-,12-/m1/s1. The van der Waals surface area contributed by atoms with Gasteiger partial charge in [-0.1, -0.05) is 0 Å². The van der Waals surface area contributed by atoms with Gasteiger partial charge >= 0.3 is 0 Å². The summed E-state index contributed by atoms with van der Waals surface area (Å²) in [7, 11) is 0. The minimum absolute atomic E-state index is 0.0992. The summed E-state index contributed by atoms with van der Waals surface area (Å²) in [5, 5.41) is 16.6. The van der Waals surface area contributed by atoms with Crippen LogP contribution in [0.3, 0.4) is 0 Å². The van der Waals surface area contributed by atoms with E-state index in [2.05, 4.69) is 5.32 Å². The number of aryl methyl sites for hydroxylation is 1. The zero-order valence-electron chi connectivity index (χ0n) is 10.9. The zero-order valence-corrected chi connectivity index (χ0v) is 11.7. The van der Waals surface area contributed by atoms with Gasteiger partial charge in [-0.2, -0.15) is 11.3 Å². The Morgan fingerprint density at radius 1 is 1.53 bits per heavy atom. The Labute approximate surface area is 116 Å². The summed E-state index contributed by atoms with van der Waals surface area (Å²) in [6.45, 7) is 3.78. The maximum Gasteiger partial charge on any atom is 0.252 e. The van der Waals surface area contributed by atoms with Gasteiger partial charge in [-0.25, -0.2) is 0 Å². The number of carbonyl (C=O) groups is 1. The summed E-state index contributed by atoms with van der Waals surface area (Å²) in [5.41, 5.74) is 1.67. The van der Waals surface area contributed by atoms with Gasteiger partial charge in [-0.05, 0) is 36.9 Å². The molecule has 0 aliphatic heterocycles. The van der Waals surface area contributed by atoms with Gasteiger partial charge in [0, 0.05) is 17.8 Å². The second-order valence-electron chi connectivity index (χ2n) is 4.61. The van der Waals surface area contributed by atoms with Gasteiger partial charge in [0.1, 0.15) is 11.9 Å². The fourth-order valence-electron chi connectivity index (χ4n) is 1.89. The molecule has 0 aromatic carbocycles. The monoisotopic (exact) mass is 279 g/mol. The van der Waals surface area contributed by atoms with E-state index in [0.717, 1.165) is 5.56 Å². The number of hydrogen-bond donors (Lipinski definition) is 2.